The van der Waals surface area contributed by atoms with Crippen LogP contribution in [0.5, 0.6) is 0 Å². The van der Waals surface area contributed by atoms with E-state index in [1.807, 2.05) is 26.8 Å². The zero-order valence-electron chi connectivity index (χ0n) is 12.6. The van der Waals surface area contributed by atoms with E-state index in [-0.39, 0.29) is 11.8 Å². The lowest BCUT2D eigenvalue weighted by Crippen LogP contribution is -2.63. The van der Waals surface area contributed by atoms with Crippen LogP contribution in [0.15, 0.2) is 18.2 Å². The van der Waals surface area contributed by atoms with E-state index in [1.54, 1.807) is 17.0 Å². The van der Waals surface area contributed by atoms with Crippen molar-refractivity contribution >= 4 is 29.1 Å². The van der Waals surface area contributed by atoms with Gasteiger partial charge in [-0.1, -0.05) is 37.9 Å². The number of hydrogen-bond acceptors (Lipinski definition) is 2. The van der Waals surface area contributed by atoms with Crippen LogP contribution in [0.1, 0.15) is 38.7 Å². The minimum absolute atomic E-state index is 0.0475. The van der Waals surface area contributed by atoms with Gasteiger partial charge in [-0.25, -0.2) is 0 Å². The molecule has 1 fully saturated rings. The van der Waals surface area contributed by atoms with Gasteiger partial charge in [-0.15, -0.1) is 0 Å². The molecule has 1 aromatic rings. The number of piperazine rings is 1. The number of hydrogen-bond donors (Lipinski definition) is 1. The fraction of sp³-hybridized carbons (Fsp3) is 0.500. The minimum atomic E-state index is -0.470. The molecule has 4 nitrogen and oxygen atoms in total. The maximum Gasteiger partial charge on any atom is 0.250 e. The number of rotatable bonds is 4. The number of nitrogens with zero attached hydrogens (tertiary/aromatic N) is 1. The summed E-state index contributed by atoms with van der Waals surface area (Å²) >= 11 is 6.07. The lowest BCUT2D eigenvalue weighted by atomic mass is 10.00. The van der Waals surface area contributed by atoms with Crippen molar-refractivity contribution in [2.24, 2.45) is 0 Å². The van der Waals surface area contributed by atoms with E-state index in [2.05, 4.69) is 5.32 Å². The molecule has 0 radical (unpaired) electrons. The summed E-state index contributed by atoms with van der Waals surface area (Å²) in [5.41, 5.74) is 1.67. The number of anilines is 1. The van der Waals surface area contributed by atoms with Gasteiger partial charge in [0.15, 0.2) is 0 Å². The average molecular weight is 309 g/mol. The quantitative estimate of drug-likeness (QED) is 0.929. The first kappa shape index (κ1) is 15.8. The summed E-state index contributed by atoms with van der Waals surface area (Å²) in [6.45, 7) is 5.83. The standard InChI is InChI=1S/C16H21ClN2O2/c1-4-6-12-16(21)19(13(5-2)15(20)18-12)14-9-11(17)8-7-10(14)3/h7-9,12-13H,4-6H2,1-3H3,(H,18,20). The third-order valence-corrected chi connectivity index (χ3v) is 4.10. The van der Waals surface area contributed by atoms with Crippen molar-refractivity contribution in [1.29, 1.82) is 0 Å². The first-order chi connectivity index (χ1) is 9.99. The number of amides is 2. The highest BCUT2D eigenvalue weighted by atomic mass is 35.5. The normalized spacial score (nSPS) is 22.4. The zero-order valence-corrected chi connectivity index (χ0v) is 13.4. The van der Waals surface area contributed by atoms with Crippen molar-refractivity contribution < 1.29 is 9.59 Å². The molecule has 1 saturated heterocycles. The molecular formula is C16H21ClN2O2. The Hall–Kier alpha value is -1.55. The highest BCUT2D eigenvalue weighted by Gasteiger charge is 2.40. The number of carbonyl (C=O) groups excluding carboxylic acids is 2. The molecule has 21 heavy (non-hydrogen) atoms. The first-order valence-corrected chi connectivity index (χ1v) is 7.77. The smallest absolute Gasteiger partial charge is 0.250 e. The summed E-state index contributed by atoms with van der Waals surface area (Å²) < 4.78 is 0. The van der Waals surface area contributed by atoms with Gasteiger partial charge in [0, 0.05) is 10.7 Å². The monoisotopic (exact) mass is 308 g/mol. The van der Waals surface area contributed by atoms with Gasteiger partial charge >= 0.3 is 0 Å². The van der Waals surface area contributed by atoms with Crippen molar-refractivity contribution in [1.82, 2.24) is 5.32 Å². The highest BCUT2D eigenvalue weighted by molar-refractivity contribution is 6.31. The topological polar surface area (TPSA) is 49.4 Å². The van der Waals surface area contributed by atoms with Crippen molar-refractivity contribution in [3.63, 3.8) is 0 Å². The van der Waals surface area contributed by atoms with E-state index in [9.17, 15) is 9.59 Å². The molecule has 114 valence electrons. The lowest BCUT2D eigenvalue weighted by molar-refractivity contribution is -0.134. The van der Waals surface area contributed by atoms with Gasteiger partial charge in [0.1, 0.15) is 12.1 Å². The van der Waals surface area contributed by atoms with E-state index in [4.69, 9.17) is 11.6 Å². The van der Waals surface area contributed by atoms with Crippen molar-refractivity contribution in [2.75, 3.05) is 4.90 Å². The van der Waals surface area contributed by atoms with Crippen LogP contribution in [-0.2, 0) is 9.59 Å². The highest BCUT2D eigenvalue weighted by Crippen LogP contribution is 2.29. The molecule has 0 spiro atoms. The Morgan fingerprint density at radius 1 is 1.29 bits per heavy atom. The van der Waals surface area contributed by atoms with E-state index < -0.39 is 12.1 Å². The second kappa shape index (κ2) is 6.48. The van der Waals surface area contributed by atoms with E-state index in [0.717, 1.165) is 17.7 Å². The van der Waals surface area contributed by atoms with Gasteiger partial charge in [0.2, 0.25) is 11.8 Å². The average Bonchev–Trinajstić information content (AvgIpc) is 2.45. The lowest BCUT2D eigenvalue weighted by Gasteiger charge is -2.39. The molecule has 2 unspecified atom stereocenters. The predicted molar refractivity (Wildman–Crippen MR) is 84.6 cm³/mol. The molecule has 1 aliphatic heterocycles. The van der Waals surface area contributed by atoms with Crippen molar-refractivity contribution in [3.8, 4) is 0 Å². The molecular weight excluding hydrogens is 288 g/mol. The Labute approximate surface area is 130 Å². The molecule has 1 N–H and O–H groups in total. The van der Waals surface area contributed by atoms with Crippen LogP contribution < -0.4 is 10.2 Å². The minimum Gasteiger partial charge on any atom is -0.342 e. The number of carbonyl (C=O) groups is 2. The van der Waals surface area contributed by atoms with Crippen LogP contribution >= 0.6 is 11.6 Å². The van der Waals surface area contributed by atoms with Gasteiger partial charge in [-0.2, -0.15) is 0 Å². The third-order valence-electron chi connectivity index (χ3n) is 3.86. The van der Waals surface area contributed by atoms with E-state index in [1.165, 1.54) is 0 Å². The summed E-state index contributed by atoms with van der Waals surface area (Å²) in [5.74, 6) is -0.136. The summed E-state index contributed by atoms with van der Waals surface area (Å²) in [5, 5.41) is 3.40. The Morgan fingerprint density at radius 2 is 2.00 bits per heavy atom. The number of benzene rings is 1. The largest absolute Gasteiger partial charge is 0.342 e. The maximum atomic E-state index is 12.8. The van der Waals surface area contributed by atoms with Gasteiger partial charge in [0.05, 0.1) is 0 Å². The third kappa shape index (κ3) is 3.05. The van der Waals surface area contributed by atoms with E-state index in [0.29, 0.717) is 17.9 Å². The maximum absolute atomic E-state index is 12.8. The summed E-state index contributed by atoms with van der Waals surface area (Å²) in [6.07, 6.45) is 2.06. The van der Waals surface area contributed by atoms with Gasteiger partial charge in [0.25, 0.3) is 0 Å². The second-order valence-electron chi connectivity index (χ2n) is 5.41. The number of halogens is 1. The Kier molecular flexibility index (Phi) is 4.88. The van der Waals surface area contributed by atoms with Crippen LogP contribution in [0, 0.1) is 6.92 Å². The fourth-order valence-electron chi connectivity index (χ4n) is 2.75. The van der Waals surface area contributed by atoms with Crippen LogP contribution in [-0.4, -0.2) is 23.9 Å². The van der Waals surface area contributed by atoms with Gasteiger partial charge in [-0.3, -0.25) is 14.5 Å². The first-order valence-electron chi connectivity index (χ1n) is 7.39. The molecule has 0 saturated carbocycles. The molecule has 5 heteroatoms. The fourth-order valence-corrected chi connectivity index (χ4v) is 2.92. The van der Waals surface area contributed by atoms with Crippen molar-refractivity contribution in [2.45, 2.75) is 52.1 Å². The van der Waals surface area contributed by atoms with Gasteiger partial charge < -0.3 is 5.32 Å². The molecule has 2 amide bonds. The summed E-state index contributed by atoms with van der Waals surface area (Å²) in [6, 6.07) is 4.52. The predicted octanol–water partition coefficient (Wildman–Crippen LogP) is 3.06. The number of aryl methyl sites for hydroxylation is 1. The SMILES string of the molecule is CCCC1NC(=O)C(CC)N(c2cc(Cl)ccc2C)C1=O. The Balaban J connectivity index is 2.46. The zero-order chi connectivity index (χ0) is 15.6. The summed E-state index contributed by atoms with van der Waals surface area (Å²) in [7, 11) is 0. The van der Waals surface area contributed by atoms with Crippen LogP contribution in [0.4, 0.5) is 5.69 Å². The molecule has 1 aromatic carbocycles. The number of nitrogens with one attached hydrogen (secondary N) is 1. The van der Waals surface area contributed by atoms with Gasteiger partial charge in [-0.05, 0) is 37.5 Å². The van der Waals surface area contributed by atoms with Crippen LogP contribution in [0.2, 0.25) is 5.02 Å². The Morgan fingerprint density at radius 3 is 2.62 bits per heavy atom. The molecule has 1 heterocycles. The second-order valence-corrected chi connectivity index (χ2v) is 5.85. The molecule has 1 aliphatic rings. The molecule has 0 aliphatic carbocycles. The van der Waals surface area contributed by atoms with E-state index >= 15 is 0 Å². The Bertz CT molecular complexity index is 559. The molecule has 2 atom stereocenters. The van der Waals surface area contributed by atoms with Crippen LogP contribution in [0.25, 0.3) is 0 Å². The molecule has 0 bridgehead atoms. The summed E-state index contributed by atoms with van der Waals surface area (Å²) in [4.78, 5) is 26.7. The van der Waals surface area contributed by atoms with Crippen molar-refractivity contribution in [3.05, 3.63) is 28.8 Å². The molecule has 0 aromatic heterocycles. The van der Waals surface area contributed by atoms with Crippen LogP contribution in [0.3, 0.4) is 0 Å². The molecule has 2 rings (SSSR count).